The Balaban J connectivity index is 1.48. The molecule has 0 saturated heterocycles. The first kappa shape index (κ1) is 17.0. The van der Waals surface area contributed by atoms with Crippen molar-refractivity contribution in [3.8, 4) is 0 Å². The number of hydrogen-bond donors (Lipinski definition) is 1. The Bertz CT molecular complexity index is 1190. The fraction of sp³-hybridized carbons (Fsp3) is 0.263. The number of benzene rings is 1. The zero-order valence-corrected chi connectivity index (χ0v) is 15.2. The van der Waals surface area contributed by atoms with Crippen LogP contribution in [0.1, 0.15) is 25.2 Å². The monoisotopic (exact) mass is 364 g/mol. The van der Waals surface area contributed by atoms with Gasteiger partial charge in [-0.05, 0) is 31.2 Å². The van der Waals surface area contributed by atoms with Crippen LogP contribution in [0.4, 0.5) is 0 Å². The molecule has 0 fully saturated rings. The number of rotatable bonds is 5. The van der Waals surface area contributed by atoms with E-state index in [-0.39, 0.29) is 24.1 Å². The fourth-order valence-electron chi connectivity index (χ4n) is 3.33. The van der Waals surface area contributed by atoms with Crippen molar-refractivity contribution < 1.29 is 4.79 Å². The summed E-state index contributed by atoms with van der Waals surface area (Å²) in [7, 11) is 1.74. The van der Waals surface area contributed by atoms with Crippen molar-refractivity contribution in [1.82, 2.24) is 29.0 Å². The summed E-state index contributed by atoms with van der Waals surface area (Å²) < 4.78 is 5.07. The first-order valence-electron chi connectivity index (χ1n) is 8.79. The molecule has 27 heavy (non-hydrogen) atoms. The van der Waals surface area contributed by atoms with Gasteiger partial charge in [-0.15, -0.1) is 10.2 Å². The minimum absolute atomic E-state index is 0.125. The average Bonchev–Trinajstić information content (AvgIpc) is 3.21. The van der Waals surface area contributed by atoms with E-state index in [2.05, 4.69) is 15.5 Å². The fourth-order valence-corrected chi connectivity index (χ4v) is 3.33. The quantitative estimate of drug-likeness (QED) is 0.583. The van der Waals surface area contributed by atoms with Crippen LogP contribution in [0.3, 0.4) is 0 Å². The van der Waals surface area contributed by atoms with Gasteiger partial charge in [0.25, 0.3) is 0 Å². The van der Waals surface area contributed by atoms with Crippen molar-refractivity contribution in [2.75, 3.05) is 0 Å². The van der Waals surface area contributed by atoms with E-state index >= 15 is 0 Å². The molecule has 0 radical (unpaired) electrons. The first-order chi connectivity index (χ1) is 13.1. The average molecular weight is 364 g/mol. The van der Waals surface area contributed by atoms with Crippen LogP contribution in [0, 0.1) is 0 Å². The molecule has 138 valence electrons. The highest BCUT2D eigenvalue weighted by molar-refractivity contribution is 5.78. The van der Waals surface area contributed by atoms with Crippen LogP contribution < -0.4 is 11.0 Å². The Morgan fingerprint density at radius 3 is 2.67 bits per heavy atom. The van der Waals surface area contributed by atoms with Crippen LogP contribution in [-0.4, -0.2) is 29.6 Å². The molecule has 0 spiro atoms. The molecular formula is C19H20N6O2. The molecule has 1 amide bonds. The van der Waals surface area contributed by atoms with Crippen LogP contribution in [-0.2, 0) is 18.4 Å². The molecule has 4 rings (SSSR count). The van der Waals surface area contributed by atoms with Gasteiger partial charge in [-0.1, -0.05) is 18.2 Å². The summed E-state index contributed by atoms with van der Waals surface area (Å²) in [6.07, 6.45) is 2.07. The normalized spacial score (nSPS) is 12.5. The SMILES string of the molecule is CC(NC(=O)CCn1c(=O)n(C)c2ccccc21)c1nnc2ccccn12. The van der Waals surface area contributed by atoms with Gasteiger partial charge in [0.2, 0.25) is 5.91 Å². The van der Waals surface area contributed by atoms with Gasteiger partial charge in [-0.3, -0.25) is 18.3 Å². The van der Waals surface area contributed by atoms with Gasteiger partial charge in [0.05, 0.1) is 17.1 Å². The number of fused-ring (bicyclic) bond motifs is 2. The largest absolute Gasteiger partial charge is 0.346 e. The van der Waals surface area contributed by atoms with Crippen molar-refractivity contribution in [1.29, 1.82) is 0 Å². The number of amides is 1. The summed E-state index contributed by atoms with van der Waals surface area (Å²) in [6, 6.07) is 12.9. The van der Waals surface area contributed by atoms with Crippen molar-refractivity contribution in [3.05, 3.63) is 65.0 Å². The van der Waals surface area contributed by atoms with Crippen molar-refractivity contribution in [2.45, 2.75) is 25.9 Å². The van der Waals surface area contributed by atoms with E-state index in [1.54, 1.807) is 16.2 Å². The summed E-state index contributed by atoms with van der Waals surface area (Å²) in [5.41, 5.74) is 2.29. The third kappa shape index (κ3) is 2.99. The van der Waals surface area contributed by atoms with E-state index in [0.29, 0.717) is 12.4 Å². The summed E-state index contributed by atoms with van der Waals surface area (Å²) in [5, 5.41) is 11.2. The number of imidazole rings is 1. The third-order valence-corrected chi connectivity index (χ3v) is 4.72. The highest BCUT2D eigenvalue weighted by atomic mass is 16.2. The molecule has 4 aromatic rings. The second kappa shape index (κ2) is 6.71. The lowest BCUT2D eigenvalue weighted by Gasteiger charge is -2.12. The summed E-state index contributed by atoms with van der Waals surface area (Å²) in [5.74, 6) is 0.524. The summed E-state index contributed by atoms with van der Waals surface area (Å²) in [4.78, 5) is 24.9. The minimum atomic E-state index is -0.292. The second-order valence-corrected chi connectivity index (χ2v) is 6.51. The molecule has 0 aliphatic carbocycles. The van der Waals surface area contributed by atoms with Crippen LogP contribution >= 0.6 is 0 Å². The predicted molar refractivity (Wildman–Crippen MR) is 101 cm³/mol. The molecule has 3 aromatic heterocycles. The van der Waals surface area contributed by atoms with Crippen LogP contribution in [0.25, 0.3) is 16.7 Å². The molecule has 3 heterocycles. The maximum Gasteiger partial charge on any atom is 0.328 e. The minimum Gasteiger partial charge on any atom is -0.346 e. The summed E-state index contributed by atoms with van der Waals surface area (Å²) >= 11 is 0. The molecule has 1 atom stereocenters. The molecule has 0 aliphatic rings. The van der Waals surface area contributed by atoms with Gasteiger partial charge in [0.15, 0.2) is 11.5 Å². The molecule has 0 saturated carbocycles. The Morgan fingerprint density at radius 2 is 1.85 bits per heavy atom. The zero-order valence-electron chi connectivity index (χ0n) is 15.2. The molecule has 1 unspecified atom stereocenters. The highest BCUT2D eigenvalue weighted by Crippen LogP contribution is 2.13. The van der Waals surface area contributed by atoms with Crippen LogP contribution in [0.2, 0.25) is 0 Å². The molecule has 8 heteroatoms. The van der Waals surface area contributed by atoms with Crippen molar-refractivity contribution >= 4 is 22.6 Å². The molecule has 8 nitrogen and oxygen atoms in total. The number of carbonyl (C=O) groups excluding carboxylic acids is 1. The van der Waals surface area contributed by atoms with E-state index in [1.807, 2.05) is 60.0 Å². The van der Waals surface area contributed by atoms with Crippen molar-refractivity contribution in [2.24, 2.45) is 7.05 Å². The van der Waals surface area contributed by atoms with E-state index in [0.717, 1.165) is 16.7 Å². The highest BCUT2D eigenvalue weighted by Gasteiger charge is 2.16. The lowest BCUT2D eigenvalue weighted by Crippen LogP contribution is -2.30. The van der Waals surface area contributed by atoms with Gasteiger partial charge < -0.3 is 5.32 Å². The third-order valence-electron chi connectivity index (χ3n) is 4.72. The van der Waals surface area contributed by atoms with E-state index in [1.165, 1.54) is 0 Å². The van der Waals surface area contributed by atoms with E-state index in [9.17, 15) is 9.59 Å². The van der Waals surface area contributed by atoms with Gasteiger partial charge in [0.1, 0.15) is 0 Å². The van der Waals surface area contributed by atoms with E-state index in [4.69, 9.17) is 0 Å². The molecule has 0 aliphatic heterocycles. The predicted octanol–water partition coefficient (Wildman–Crippen LogP) is 1.65. The van der Waals surface area contributed by atoms with Gasteiger partial charge >= 0.3 is 5.69 Å². The molecule has 1 N–H and O–H groups in total. The first-order valence-corrected chi connectivity index (χ1v) is 8.79. The van der Waals surface area contributed by atoms with Crippen LogP contribution in [0.5, 0.6) is 0 Å². The Morgan fingerprint density at radius 1 is 1.11 bits per heavy atom. The number of para-hydroxylation sites is 2. The maximum atomic E-state index is 12.4. The molecule has 0 bridgehead atoms. The topological polar surface area (TPSA) is 86.2 Å². The Kier molecular flexibility index (Phi) is 4.23. The lowest BCUT2D eigenvalue weighted by molar-refractivity contribution is -0.122. The van der Waals surface area contributed by atoms with Gasteiger partial charge in [0, 0.05) is 26.2 Å². The summed E-state index contributed by atoms with van der Waals surface area (Å²) in [6.45, 7) is 2.19. The van der Waals surface area contributed by atoms with Gasteiger partial charge in [-0.25, -0.2) is 4.79 Å². The number of hydrogen-bond acceptors (Lipinski definition) is 4. The number of aromatic nitrogens is 5. The van der Waals surface area contributed by atoms with Gasteiger partial charge in [-0.2, -0.15) is 0 Å². The number of nitrogens with one attached hydrogen (secondary N) is 1. The zero-order chi connectivity index (χ0) is 19.0. The number of carbonyl (C=O) groups is 1. The van der Waals surface area contributed by atoms with E-state index < -0.39 is 0 Å². The smallest absolute Gasteiger partial charge is 0.328 e. The maximum absolute atomic E-state index is 12.4. The van der Waals surface area contributed by atoms with Crippen molar-refractivity contribution in [3.63, 3.8) is 0 Å². The molecular weight excluding hydrogens is 344 g/mol. The Hall–Kier alpha value is -3.42. The lowest BCUT2D eigenvalue weighted by atomic mass is 10.2. The number of nitrogens with zero attached hydrogens (tertiary/aromatic N) is 5. The molecule has 1 aromatic carbocycles. The standard InChI is InChI=1S/C19H20N6O2/c1-13(18-22-21-16-9-5-6-11-25(16)18)20-17(26)10-12-24-15-8-4-3-7-14(15)23(2)19(24)27/h3-9,11,13H,10,12H2,1-2H3,(H,20,26). The number of aryl methyl sites for hydroxylation is 2. The van der Waals surface area contributed by atoms with Crippen LogP contribution in [0.15, 0.2) is 53.5 Å². The Labute approximate surface area is 155 Å². The second-order valence-electron chi connectivity index (χ2n) is 6.51. The number of pyridine rings is 1.